The van der Waals surface area contributed by atoms with E-state index in [-0.39, 0.29) is 12.6 Å². The highest BCUT2D eigenvalue weighted by Crippen LogP contribution is 2.26. The molecule has 1 heterocycles. The summed E-state index contributed by atoms with van der Waals surface area (Å²) in [5.74, 6) is -0.402. The number of amides is 1. The Morgan fingerprint density at radius 2 is 1.63 bits per heavy atom. The maximum atomic E-state index is 12.5. The minimum Gasteiger partial charge on any atom is -0.343 e. The van der Waals surface area contributed by atoms with Gasteiger partial charge in [0.2, 0.25) is 15.9 Å². The highest BCUT2D eigenvalue weighted by Gasteiger charge is 2.18. The molecule has 2 N–H and O–H groups in total. The Morgan fingerprint density at radius 3 is 2.23 bits per heavy atom. The molecule has 0 aliphatic heterocycles. The van der Waals surface area contributed by atoms with Crippen molar-refractivity contribution in [2.24, 2.45) is 0 Å². The van der Waals surface area contributed by atoms with E-state index >= 15 is 0 Å². The van der Waals surface area contributed by atoms with Crippen molar-refractivity contribution in [2.45, 2.75) is 19.9 Å². The topological polar surface area (TPSA) is 75.3 Å². The van der Waals surface area contributed by atoms with Gasteiger partial charge in [0.15, 0.2) is 0 Å². The van der Waals surface area contributed by atoms with Gasteiger partial charge in [0.25, 0.3) is 0 Å². The van der Waals surface area contributed by atoms with Crippen molar-refractivity contribution in [1.29, 1.82) is 0 Å². The molecule has 0 radical (unpaired) electrons. The first kappa shape index (κ1) is 22.0. The highest BCUT2D eigenvalue weighted by atomic mass is 32.2. The Bertz CT molecular complexity index is 1100. The fourth-order valence-corrected chi connectivity index (χ4v) is 4.37. The molecule has 156 valence electrons. The summed E-state index contributed by atoms with van der Waals surface area (Å²) in [5.41, 5.74) is 3.94. The third-order valence-electron chi connectivity index (χ3n) is 4.49. The number of hydrogen-bond donors (Lipinski definition) is 2. The van der Waals surface area contributed by atoms with E-state index in [1.54, 1.807) is 0 Å². The molecule has 1 aromatic heterocycles. The summed E-state index contributed by atoms with van der Waals surface area (Å²) in [6.45, 7) is 3.63. The quantitative estimate of drug-likeness (QED) is 0.552. The fraction of sp³-hybridized carbons (Fsp3) is 0.174. The van der Waals surface area contributed by atoms with Crippen molar-refractivity contribution in [3.05, 3.63) is 98.6 Å². The Kier molecular flexibility index (Phi) is 7.20. The molecule has 0 saturated heterocycles. The maximum Gasteiger partial charge on any atom is 0.235 e. The van der Waals surface area contributed by atoms with E-state index < -0.39 is 15.9 Å². The largest absolute Gasteiger partial charge is 0.343 e. The molecule has 0 aliphatic carbocycles. The van der Waals surface area contributed by atoms with Gasteiger partial charge < -0.3 is 5.32 Å². The van der Waals surface area contributed by atoms with Crippen LogP contribution in [-0.2, 0) is 14.8 Å². The molecule has 0 aliphatic rings. The minimum absolute atomic E-state index is 0.328. The molecule has 30 heavy (non-hydrogen) atoms. The molecule has 0 fully saturated rings. The zero-order valence-electron chi connectivity index (χ0n) is 16.8. The van der Waals surface area contributed by atoms with E-state index in [1.807, 2.05) is 79.9 Å². The van der Waals surface area contributed by atoms with E-state index in [2.05, 4.69) is 10.0 Å². The van der Waals surface area contributed by atoms with Gasteiger partial charge in [-0.3, -0.25) is 4.79 Å². The number of sulfonamides is 1. The van der Waals surface area contributed by atoms with Crippen molar-refractivity contribution in [2.75, 3.05) is 6.54 Å². The number of nitrogens with one attached hydrogen (secondary N) is 2. The lowest BCUT2D eigenvalue weighted by atomic mass is 10.0. The zero-order valence-corrected chi connectivity index (χ0v) is 18.5. The minimum atomic E-state index is -3.73. The summed E-state index contributed by atoms with van der Waals surface area (Å²) in [5, 5.41) is 5.95. The number of hydrogen-bond acceptors (Lipinski definition) is 4. The third kappa shape index (κ3) is 6.38. The molecule has 1 unspecified atom stereocenters. The first-order valence-electron chi connectivity index (χ1n) is 9.46. The van der Waals surface area contributed by atoms with Gasteiger partial charge in [-0.25, -0.2) is 13.1 Å². The molecule has 0 spiro atoms. The molecule has 1 atom stereocenters. The van der Waals surface area contributed by atoms with Crippen molar-refractivity contribution in [1.82, 2.24) is 10.0 Å². The highest BCUT2D eigenvalue weighted by molar-refractivity contribution is 7.92. The maximum absolute atomic E-state index is 12.5. The van der Waals surface area contributed by atoms with Crippen molar-refractivity contribution in [3.8, 4) is 0 Å². The molecular formula is C23H24N2O3S2. The van der Waals surface area contributed by atoms with Gasteiger partial charge in [-0.1, -0.05) is 65.7 Å². The lowest BCUT2D eigenvalue weighted by Crippen LogP contribution is -2.38. The van der Waals surface area contributed by atoms with Crippen LogP contribution in [0, 0.1) is 13.8 Å². The number of aryl methyl sites for hydroxylation is 2. The van der Waals surface area contributed by atoms with Gasteiger partial charge >= 0.3 is 0 Å². The molecule has 0 bridgehead atoms. The molecule has 3 rings (SSSR count). The zero-order chi connectivity index (χ0) is 21.6. The summed E-state index contributed by atoms with van der Waals surface area (Å²) >= 11 is 1.54. The Hall–Kier alpha value is -2.74. The van der Waals surface area contributed by atoms with Gasteiger partial charge in [0.05, 0.1) is 12.6 Å². The standard InChI is InChI=1S/C23H24N2O3S2/c1-17-5-9-19(10-6-17)13-15-30(27,28)24-16-22(26)25-23(21-4-3-14-29-21)20-11-7-18(2)8-12-20/h3-15,23-24H,16H2,1-2H3,(H,25,26)/b15-13+. The first-order valence-corrected chi connectivity index (χ1v) is 11.9. The van der Waals surface area contributed by atoms with Crippen LogP contribution in [-0.4, -0.2) is 20.9 Å². The lowest BCUT2D eigenvalue weighted by Gasteiger charge is -2.18. The predicted octanol–water partition coefficient (Wildman–Crippen LogP) is 4.16. The summed E-state index contributed by atoms with van der Waals surface area (Å²) in [6.07, 6.45) is 1.50. The van der Waals surface area contributed by atoms with E-state index in [0.29, 0.717) is 0 Å². The van der Waals surface area contributed by atoms with Crippen LogP contribution in [0.3, 0.4) is 0 Å². The van der Waals surface area contributed by atoms with Crippen molar-refractivity contribution >= 4 is 33.3 Å². The summed E-state index contributed by atoms with van der Waals surface area (Å²) in [4.78, 5) is 13.5. The smallest absolute Gasteiger partial charge is 0.235 e. The summed E-state index contributed by atoms with van der Waals surface area (Å²) in [6, 6.07) is 18.9. The average molecular weight is 441 g/mol. The van der Waals surface area contributed by atoms with Gasteiger partial charge in [-0.15, -0.1) is 11.3 Å². The number of thiophene rings is 1. The van der Waals surface area contributed by atoms with Crippen LogP contribution < -0.4 is 10.0 Å². The monoisotopic (exact) mass is 440 g/mol. The van der Waals surface area contributed by atoms with Gasteiger partial charge in [0, 0.05) is 10.3 Å². The molecule has 2 aromatic carbocycles. The van der Waals surface area contributed by atoms with Crippen LogP contribution in [0.2, 0.25) is 0 Å². The SMILES string of the molecule is Cc1ccc(/C=C/S(=O)(=O)NCC(=O)NC(c2ccc(C)cc2)c2cccs2)cc1. The van der Waals surface area contributed by atoms with Gasteiger partial charge in [0.1, 0.15) is 0 Å². The second kappa shape index (κ2) is 9.84. The predicted molar refractivity (Wildman–Crippen MR) is 123 cm³/mol. The normalized spacial score (nSPS) is 12.7. The Balaban J connectivity index is 1.63. The number of rotatable bonds is 8. The number of carbonyl (C=O) groups excluding carboxylic acids is 1. The molecule has 7 heteroatoms. The second-order valence-corrected chi connectivity index (χ2v) is 9.64. The number of carbonyl (C=O) groups is 1. The first-order chi connectivity index (χ1) is 14.3. The van der Waals surface area contributed by atoms with Crippen molar-refractivity contribution in [3.63, 3.8) is 0 Å². The van der Waals surface area contributed by atoms with Crippen molar-refractivity contribution < 1.29 is 13.2 Å². The molecule has 5 nitrogen and oxygen atoms in total. The van der Waals surface area contributed by atoms with Crippen LogP contribution in [0.15, 0.2) is 71.5 Å². The summed E-state index contributed by atoms with van der Waals surface area (Å²) < 4.78 is 26.8. The fourth-order valence-electron chi connectivity index (χ4n) is 2.81. The van der Waals surface area contributed by atoms with Gasteiger partial charge in [-0.2, -0.15) is 0 Å². The van der Waals surface area contributed by atoms with Crippen LogP contribution in [0.4, 0.5) is 0 Å². The Morgan fingerprint density at radius 1 is 1.00 bits per heavy atom. The van der Waals surface area contributed by atoms with E-state index in [1.165, 1.54) is 17.4 Å². The third-order valence-corrected chi connectivity index (χ3v) is 6.47. The molecule has 3 aromatic rings. The molecule has 1 amide bonds. The van der Waals surface area contributed by atoms with Crippen LogP contribution in [0.5, 0.6) is 0 Å². The Labute approximate surface area is 181 Å². The second-order valence-electron chi connectivity index (χ2n) is 7.01. The van der Waals surface area contributed by atoms with Crippen LogP contribution >= 0.6 is 11.3 Å². The van der Waals surface area contributed by atoms with Crippen LogP contribution in [0.1, 0.15) is 33.2 Å². The summed E-state index contributed by atoms with van der Waals surface area (Å²) in [7, 11) is -3.73. The van der Waals surface area contributed by atoms with E-state index in [0.717, 1.165) is 32.5 Å². The van der Waals surface area contributed by atoms with Crippen LogP contribution in [0.25, 0.3) is 6.08 Å². The van der Waals surface area contributed by atoms with E-state index in [9.17, 15) is 13.2 Å². The molecular weight excluding hydrogens is 416 g/mol. The average Bonchev–Trinajstić information content (AvgIpc) is 3.26. The molecule has 0 saturated carbocycles. The van der Waals surface area contributed by atoms with E-state index in [4.69, 9.17) is 0 Å². The lowest BCUT2D eigenvalue weighted by molar-refractivity contribution is -0.120. The number of benzene rings is 2. The van der Waals surface area contributed by atoms with Gasteiger partial charge in [-0.05, 0) is 42.5 Å².